The third-order valence-corrected chi connectivity index (χ3v) is 3.05. The summed E-state index contributed by atoms with van der Waals surface area (Å²) in [5.74, 6) is 0.172. The Labute approximate surface area is 110 Å². The van der Waals surface area contributed by atoms with E-state index < -0.39 is 0 Å². The van der Waals surface area contributed by atoms with Gasteiger partial charge in [0.1, 0.15) is 10.2 Å². The molecule has 0 saturated heterocycles. The van der Waals surface area contributed by atoms with Crippen LogP contribution in [0.5, 0.6) is 5.75 Å². The lowest BCUT2D eigenvalue weighted by Gasteiger charge is -2.07. The predicted octanol–water partition coefficient (Wildman–Crippen LogP) is 3.84. The van der Waals surface area contributed by atoms with E-state index in [1.54, 1.807) is 18.2 Å². The van der Waals surface area contributed by atoms with E-state index in [1.807, 2.05) is 6.92 Å². The van der Waals surface area contributed by atoms with Crippen molar-refractivity contribution in [3.05, 3.63) is 33.8 Å². The molecule has 1 aromatic rings. The summed E-state index contributed by atoms with van der Waals surface area (Å²) in [5.41, 5.74) is 1.40. The van der Waals surface area contributed by atoms with Crippen LogP contribution in [0.2, 0.25) is 0 Å². The van der Waals surface area contributed by atoms with Crippen LogP contribution < -0.4 is 5.32 Å². The Morgan fingerprint density at radius 3 is 2.50 bits per heavy atom. The topological polar surface area (TPSA) is 32.3 Å². The van der Waals surface area contributed by atoms with Gasteiger partial charge < -0.3 is 10.4 Å². The van der Waals surface area contributed by atoms with E-state index in [2.05, 4.69) is 5.32 Å². The third kappa shape index (κ3) is 3.56. The first-order valence-corrected chi connectivity index (χ1v) is 5.93. The Hall–Kier alpha value is -0.410. The van der Waals surface area contributed by atoms with Crippen LogP contribution in [0.3, 0.4) is 0 Å². The maximum Gasteiger partial charge on any atom is 0.126 e. The number of nitrogens with one attached hydrogen (secondary N) is 1. The minimum Gasteiger partial charge on any atom is -0.508 e. The molecule has 0 saturated carbocycles. The molecule has 0 unspecified atom stereocenters. The number of aromatic hydroxyl groups is 1. The molecule has 0 heterocycles. The Morgan fingerprint density at radius 2 is 2.00 bits per heavy atom. The number of halogens is 3. The lowest BCUT2D eigenvalue weighted by Crippen LogP contribution is -2.11. The van der Waals surface area contributed by atoms with Gasteiger partial charge in [0.2, 0.25) is 0 Å². The fourth-order valence-corrected chi connectivity index (χ4v) is 1.55. The van der Waals surface area contributed by atoms with Crippen molar-refractivity contribution in [3.63, 3.8) is 0 Å². The Kier molecular flexibility index (Phi) is 5.42. The molecule has 5 heteroatoms. The van der Waals surface area contributed by atoms with Gasteiger partial charge in [-0.25, -0.2) is 0 Å². The van der Waals surface area contributed by atoms with Crippen LogP contribution in [-0.2, 0) is 6.54 Å². The molecule has 0 aromatic heterocycles. The summed E-state index contributed by atoms with van der Waals surface area (Å²) in [6.45, 7) is 3.45. The zero-order valence-corrected chi connectivity index (χ0v) is 11.0. The maximum atomic E-state index is 9.74. The van der Waals surface area contributed by atoms with Crippen molar-refractivity contribution in [1.29, 1.82) is 0 Å². The fourth-order valence-electron chi connectivity index (χ4n) is 1.22. The van der Waals surface area contributed by atoms with Crippen LogP contribution in [0, 0.1) is 0 Å². The highest BCUT2D eigenvalue weighted by molar-refractivity contribution is 6.66. The zero-order valence-electron chi connectivity index (χ0n) is 8.73. The molecule has 88 valence electrons. The van der Waals surface area contributed by atoms with E-state index in [4.69, 9.17) is 34.8 Å². The monoisotopic (exact) mass is 279 g/mol. The van der Waals surface area contributed by atoms with Crippen molar-refractivity contribution in [1.82, 2.24) is 5.32 Å². The first kappa shape index (κ1) is 13.7. The summed E-state index contributed by atoms with van der Waals surface area (Å²) in [4.78, 5) is 0. The Bertz CT molecular complexity index is 400. The molecule has 0 bridgehead atoms. The van der Waals surface area contributed by atoms with Gasteiger partial charge in [-0.3, -0.25) is 0 Å². The molecule has 0 aliphatic rings. The lowest BCUT2D eigenvalue weighted by atomic mass is 10.1. The molecule has 0 fully saturated rings. The van der Waals surface area contributed by atoms with Crippen molar-refractivity contribution in [2.24, 2.45) is 0 Å². The highest BCUT2D eigenvalue weighted by Crippen LogP contribution is 2.31. The highest BCUT2D eigenvalue weighted by atomic mass is 35.5. The van der Waals surface area contributed by atoms with Gasteiger partial charge in [0.05, 0.1) is 5.03 Å². The van der Waals surface area contributed by atoms with Crippen molar-refractivity contribution in [3.8, 4) is 5.75 Å². The van der Waals surface area contributed by atoms with Crippen LogP contribution in [0.4, 0.5) is 0 Å². The molecular weight excluding hydrogens is 268 g/mol. The SMILES string of the molecule is CCNCc1ccc(C(Cl)=C(Cl)Cl)cc1O. The van der Waals surface area contributed by atoms with E-state index >= 15 is 0 Å². The first-order chi connectivity index (χ1) is 7.56. The van der Waals surface area contributed by atoms with Crippen molar-refractivity contribution in [2.75, 3.05) is 6.54 Å². The molecule has 0 aliphatic heterocycles. The number of rotatable bonds is 4. The minimum atomic E-state index is -0.0134. The van der Waals surface area contributed by atoms with Gasteiger partial charge in [-0.2, -0.15) is 0 Å². The van der Waals surface area contributed by atoms with Gasteiger partial charge in [0.15, 0.2) is 0 Å². The first-order valence-electron chi connectivity index (χ1n) is 4.80. The predicted molar refractivity (Wildman–Crippen MR) is 70.0 cm³/mol. The average molecular weight is 281 g/mol. The molecule has 1 rings (SSSR count). The fraction of sp³-hybridized carbons (Fsp3) is 0.273. The van der Waals surface area contributed by atoms with Gasteiger partial charge in [-0.15, -0.1) is 0 Å². The van der Waals surface area contributed by atoms with Crippen LogP contribution in [0.25, 0.3) is 5.03 Å². The van der Waals surface area contributed by atoms with Crippen molar-refractivity contribution < 1.29 is 5.11 Å². The second-order valence-corrected chi connectivity index (χ2v) is 4.53. The summed E-state index contributed by atoms with van der Waals surface area (Å²) in [5, 5.41) is 13.1. The summed E-state index contributed by atoms with van der Waals surface area (Å²) in [6.07, 6.45) is 0. The summed E-state index contributed by atoms with van der Waals surface area (Å²) in [6, 6.07) is 5.09. The van der Waals surface area contributed by atoms with Gasteiger partial charge >= 0.3 is 0 Å². The van der Waals surface area contributed by atoms with E-state index in [0.717, 1.165) is 12.1 Å². The summed E-state index contributed by atoms with van der Waals surface area (Å²) in [7, 11) is 0. The second kappa shape index (κ2) is 6.36. The van der Waals surface area contributed by atoms with Crippen molar-refractivity contribution in [2.45, 2.75) is 13.5 Å². The second-order valence-electron chi connectivity index (χ2n) is 3.20. The van der Waals surface area contributed by atoms with Gasteiger partial charge in [-0.05, 0) is 18.2 Å². The average Bonchev–Trinajstić information content (AvgIpc) is 2.26. The molecule has 0 radical (unpaired) electrons. The molecule has 16 heavy (non-hydrogen) atoms. The van der Waals surface area contributed by atoms with Crippen LogP contribution in [0.15, 0.2) is 22.7 Å². The smallest absolute Gasteiger partial charge is 0.126 e. The summed E-state index contributed by atoms with van der Waals surface area (Å²) >= 11 is 17.0. The van der Waals surface area contributed by atoms with Gasteiger partial charge in [0.25, 0.3) is 0 Å². The van der Waals surface area contributed by atoms with Crippen LogP contribution in [0.1, 0.15) is 18.1 Å². The maximum absolute atomic E-state index is 9.74. The van der Waals surface area contributed by atoms with E-state index in [0.29, 0.717) is 12.1 Å². The van der Waals surface area contributed by atoms with Gasteiger partial charge in [-0.1, -0.05) is 53.9 Å². The molecule has 0 aliphatic carbocycles. The summed E-state index contributed by atoms with van der Waals surface area (Å²) < 4.78 is -0.0134. The van der Waals surface area contributed by atoms with E-state index in [-0.39, 0.29) is 15.3 Å². The van der Waals surface area contributed by atoms with E-state index in [9.17, 15) is 5.11 Å². The normalized spacial score (nSPS) is 10.2. The molecular formula is C11H12Cl3NO. The van der Waals surface area contributed by atoms with Crippen LogP contribution >= 0.6 is 34.8 Å². The largest absolute Gasteiger partial charge is 0.508 e. The van der Waals surface area contributed by atoms with Crippen molar-refractivity contribution >= 4 is 39.8 Å². The number of hydrogen-bond acceptors (Lipinski definition) is 2. The molecule has 0 atom stereocenters. The van der Waals surface area contributed by atoms with E-state index in [1.165, 1.54) is 0 Å². The number of benzene rings is 1. The zero-order chi connectivity index (χ0) is 12.1. The molecule has 0 amide bonds. The highest BCUT2D eigenvalue weighted by Gasteiger charge is 2.07. The third-order valence-electron chi connectivity index (χ3n) is 2.07. The number of phenolic OH excluding ortho intramolecular Hbond substituents is 1. The number of hydrogen-bond donors (Lipinski definition) is 2. The molecule has 0 spiro atoms. The molecule has 1 aromatic carbocycles. The Morgan fingerprint density at radius 1 is 1.31 bits per heavy atom. The molecule has 2 N–H and O–H groups in total. The van der Waals surface area contributed by atoms with Gasteiger partial charge in [0, 0.05) is 12.1 Å². The minimum absolute atomic E-state index is 0.0134. The lowest BCUT2D eigenvalue weighted by molar-refractivity contribution is 0.465. The standard InChI is InChI=1S/C11H12Cl3NO/c1-2-15-6-8-4-3-7(5-9(8)16)10(12)11(13)14/h3-5,15-16H,2,6H2,1H3. The Balaban J connectivity index is 2.95. The quantitative estimate of drug-likeness (QED) is 0.878. The number of phenols is 1. The van der Waals surface area contributed by atoms with Crippen LogP contribution in [-0.4, -0.2) is 11.7 Å². The molecule has 2 nitrogen and oxygen atoms in total.